The number of anilines is 1. The van der Waals surface area contributed by atoms with Crippen LogP contribution in [-0.4, -0.2) is 34.0 Å². The first kappa shape index (κ1) is 17.5. The number of benzene rings is 1. The Balaban J connectivity index is 1.45. The van der Waals surface area contributed by atoms with E-state index in [2.05, 4.69) is 21.5 Å². The Bertz CT molecular complexity index is 1010. The zero-order valence-electron chi connectivity index (χ0n) is 15.3. The first-order valence-electron chi connectivity index (χ1n) is 9.55. The number of rotatable bonds is 4. The number of fused-ring (bicyclic) bond motifs is 2. The van der Waals surface area contributed by atoms with Crippen LogP contribution in [0.15, 0.2) is 41.1 Å². The van der Waals surface area contributed by atoms with Gasteiger partial charge in [-0.25, -0.2) is 15.4 Å². The summed E-state index contributed by atoms with van der Waals surface area (Å²) in [5, 5.41) is 8.75. The Kier molecular flexibility index (Phi) is 4.46. The quantitative estimate of drug-likeness (QED) is 0.541. The van der Waals surface area contributed by atoms with Crippen LogP contribution in [0, 0.1) is 5.92 Å². The van der Waals surface area contributed by atoms with E-state index >= 15 is 0 Å². The number of carbonyl (C=O) groups excluding carboxylic acids is 1. The van der Waals surface area contributed by atoms with Crippen LogP contribution < -0.4 is 21.9 Å². The molecule has 8 heteroatoms. The molecule has 1 saturated heterocycles. The van der Waals surface area contributed by atoms with Crippen molar-refractivity contribution in [2.24, 2.45) is 11.7 Å². The molecule has 0 bridgehead atoms. The lowest BCUT2D eigenvalue weighted by Crippen LogP contribution is -2.44. The number of thiophene rings is 1. The van der Waals surface area contributed by atoms with Gasteiger partial charge in [-0.1, -0.05) is 12.1 Å². The molecule has 3 heterocycles. The second kappa shape index (κ2) is 7.12. The molecule has 1 aliphatic heterocycles. The van der Waals surface area contributed by atoms with Crippen molar-refractivity contribution in [1.29, 1.82) is 0 Å². The average molecular weight is 395 g/mol. The van der Waals surface area contributed by atoms with Crippen molar-refractivity contribution in [3.05, 3.63) is 41.1 Å². The molecule has 28 heavy (non-hydrogen) atoms. The van der Waals surface area contributed by atoms with Crippen LogP contribution in [-0.2, 0) is 4.79 Å². The van der Waals surface area contributed by atoms with E-state index < -0.39 is 0 Å². The van der Waals surface area contributed by atoms with E-state index in [0.717, 1.165) is 47.4 Å². The number of para-hydroxylation sites is 1. The van der Waals surface area contributed by atoms with Gasteiger partial charge in [-0.3, -0.25) is 10.2 Å². The minimum absolute atomic E-state index is 0.188. The summed E-state index contributed by atoms with van der Waals surface area (Å²) in [5.41, 5.74) is 13.8. The molecule has 5 N–H and O–H groups in total. The number of amides is 1. The largest absolute Gasteiger partial charge is 0.368 e. The lowest BCUT2D eigenvalue weighted by atomic mass is 9.79. The molecule has 1 saturated carbocycles. The number of aromatic nitrogens is 2. The normalized spacial score (nSPS) is 26.9. The summed E-state index contributed by atoms with van der Waals surface area (Å²) < 4.78 is 0. The molecule has 2 fully saturated rings. The summed E-state index contributed by atoms with van der Waals surface area (Å²) in [6, 6.07) is 10.3. The lowest BCUT2D eigenvalue weighted by Gasteiger charge is -2.33. The number of carbonyl (C=O) groups is 1. The summed E-state index contributed by atoms with van der Waals surface area (Å²) in [7, 11) is 0. The summed E-state index contributed by atoms with van der Waals surface area (Å²) in [5.74, 6) is 1.47. The number of primary amides is 1. The zero-order valence-corrected chi connectivity index (χ0v) is 16.1. The van der Waals surface area contributed by atoms with Crippen molar-refractivity contribution in [3.63, 3.8) is 0 Å². The maximum absolute atomic E-state index is 11.8. The molecule has 2 aliphatic rings. The predicted octanol–water partition coefficient (Wildman–Crippen LogP) is 2.27. The first-order valence-corrected chi connectivity index (χ1v) is 10.5. The molecular formula is C20H22N6OS. The molecule has 7 nitrogen and oxygen atoms in total. The van der Waals surface area contributed by atoms with Crippen molar-refractivity contribution < 1.29 is 4.79 Å². The van der Waals surface area contributed by atoms with Gasteiger partial charge in [0.2, 0.25) is 5.91 Å². The number of nitrogens with zero attached hydrogens (tertiary/aromatic N) is 2. The number of nitrogens with one attached hydrogen (secondary N) is 3. The first-order chi connectivity index (χ1) is 13.7. The van der Waals surface area contributed by atoms with Gasteiger partial charge in [0, 0.05) is 34.3 Å². The third-order valence-corrected chi connectivity index (χ3v) is 6.47. The molecule has 5 rings (SSSR count). The van der Waals surface area contributed by atoms with Crippen LogP contribution in [0.2, 0.25) is 0 Å². The van der Waals surface area contributed by atoms with Crippen molar-refractivity contribution in [2.45, 2.75) is 37.4 Å². The third-order valence-electron chi connectivity index (χ3n) is 5.78. The second-order valence-corrected chi connectivity index (χ2v) is 8.30. The minimum Gasteiger partial charge on any atom is -0.368 e. The molecule has 3 aromatic rings. The van der Waals surface area contributed by atoms with Gasteiger partial charge in [0.15, 0.2) is 5.82 Å². The Labute approximate surface area is 166 Å². The Hall–Kier alpha value is -2.55. The Morgan fingerprint density at radius 3 is 2.89 bits per heavy atom. The fourth-order valence-corrected chi connectivity index (χ4v) is 5.01. The van der Waals surface area contributed by atoms with Crippen molar-refractivity contribution in [1.82, 2.24) is 20.8 Å². The predicted molar refractivity (Wildman–Crippen MR) is 111 cm³/mol. The van der Waals surface area contributed by atoms with E-state index in [1.165, 1.54) is 0 Å². The fourth-order valence-electron chi connectivity index (χ4n) is 4.37. The van der Waals surface area contributed by atoms with Crippen LogP contribution in [0.5, 0.6) is 0 Å². The summed E-state index contributed by atoms with van der Waals surface area (Å²) in [4.78, 5) is 21.3. The van der Waals surface area contributed by atoms with E-state index in [9.17, 15) is 4.79 Å². The van der Waals surface area contributed by atoms with E-state index in [0.29, 0.717) is 6.04 Å². The van der Waals surface area contributed by atoms with E-state index in [1.54, 1.807) is 11.3 Å². The van der Waals surface area contributed by atoms with Gasteiger partial charge in [-0.2, -0.15) is 11.3 Å². The van der Waals surface area contributed by atoms with Crippen molar-refractivity contribution in [2.75, 3.05) is 5.32 Å². The zero-order chi connectivity index (χ0) is 19.1. The van der Waals surface area contributed by atoms with Gasteiger partial charge < -0.3 is 11.1 Å². The van der Waals surface area contributed by atoms with Gasteiger partial charge in [0.1, 0.15) is 11.9 Å². The third kappa shape index (κ3) is 3.13. The molecule has 1 aromatic carbocycles. The van der Waals surface area contributed by atoms with Gasteiger partial charge in [0.05, 0.1) is 5.52 Å². The summed E-state index contributed by atoms with van der Waals surface area (Å²) in [6.45, 7) is 0. The van der Waals surface area contributed by atoms with E-state index in [1.807, 2.05) is 35.7 Å². The molecule has 0 spiro atoms. The van der Waals surface area contributed by atoms with Gasteiger partial charge in [-0.05, 0) is 42.8 Å². The molecule has 4 unspecified atom stereocenters. The van der Waals surface area contributed by atoms with Crippen LogP contribution in [0.1, 0.15) is 19.3 Å². The second-order valence-electron chi connectivity index (χ2n) is 7.52. The fraction of sp³-hybridized carbons (Fsp3) is 0.350. The minimum atomic E-state index is -0.321. The molecular weight excluding hydrogens is 372 g/mol. The SMILES string of the molecule is NC(=O)C1NNC2CCC(Nc3nc(-c4ccsc4)nc4ccccc34)CC21. The highest BCUT2D eigenvalue weighted by molar-refractivity contribution is 7.08. The van der Waals surface area contributed by atoms with Gasteiger partial charge in [-0.15, -0.1) is 0 Å². The highest BCUT2D eigenvalue weighted by Crippen LogP contribution is 2.33. The summed E-state index contributed by atoms with van der Waals surface area (Å²) >= 11 is 1.64. The van der Waals surface area contributed by atoms with Crippen LogP contribution in [0.4, 0.5) is 5.82 Å². The van der Waals surface area contributed by atoms with Gasteiger partial charge in [0.25, 0.3) is 0 Å². The van der Waals surface area contributed by atoms with Gasteiger partial charge >= 0.3 is 0 Å². The Morgan fingerprint density at radius 2 is 2.07 bits per heavy atom. The average Bonchev–Trinajstić information content (AvgIpc) is 3.37. The Morgan fingerprint density at radius 1 is 1.18 bits per heavy atom. The molecule has 4 atom stereocenters. The smallest absolute Gasteiger partial charge is 0.236 e. The maximum atomic E-state index is 11.8. The number of hydrogen-bond donors (Lipinski definition) is 4. The number of hydrazine groups is 1. The monoisotopic (exact) mass is 394 g/mol. The summed E-state index contributed by atoms with van der Waals surface area (Å²) in [6.07, 6.45) is 2.86. The lowest BCUT2D eigenvalue weighted by molar-refractivity contribution is -0.120. The highest BCUT2D eigenvalue weighted by Gasteiger charge is 2.42. The molecule has 2 aromatic heterocycles. The molecule has 144 valence electrons. The van der Waals surface area contributed by atoms with Crippen molar-refractivity contribution in [3.8, 4) is 11.4 Å². The maximum Gasteiger partial charge on any atom is 0.236 e. The molecule has 1 aliphatic carbocycles. The number of nitrogens with two attached hydrogens (primary N) is 1. The van der Waals surface area contributed by atoms with Crippen LogP contribution >= 0.6 is 11.3 Å². The van der Waals surface area contributed by atoms with Crippen LogP contribution in [0.3, 0.4) is 0 Å². The van der Waals surface area contributed by atoms with E-state index in [-0.39, 0.29) is 23.9 Å². The standard InChI is InChI=1S/C20H22N6OS/c21-18(27)17-14-9-12(5-6-16(14)25-26-17)22-20-13-3-1-2-4-15(13)23-19(24-20)11-7-8-28-10-11/h1-4,7-8,10,12,14,16-17,25-26H,5-6,9H2,(H2,21,27)(H,22,23,24). The molecule has 0 radical (unpaired) electrons. The highest BCUT2D eigenvalue weighted by atomic mass is 32.1. The van der Waals surface area contributed by atoms with Crippen LogP contribution in [0.25, 0.3) is 22.3 Å². The van der Waals surface area contributed by atoms with Crippen molar-refractivity contribution >= 4 is 34.0 Å². The topological polar surface area (TPSA) is 105 Å². The van der Waals surface area contributed by atoms with E-state index in [4.69, 9.17) is 15.7 Å². The molecule has 1 amide bonds. The number of hydrogen-bond acceptors (Lipinski definition) is 7.